The van der Waals surface area contributed by atoms with Gasteiger partial charge in [-0.1, -0.05) is 138 Å². The monoisotopic (exact) mass is 648 g/mol. The van der Waals surface area contributed by atoms with Gasteiger partial charge < -0.3 is 4.74 Å². The second-order valence-electron chi connectivity index (χ2n) is 12.2. The van der Waals surface area contributed by atoms with Crippen molar-refractivity contribution in [3.63, 3.8) is 0 Å². The average Bonchev–Trinajstić information content (AvgIpc) is 3.33. The van der Waals surface area contributed by atoms with E-state index in [1.165, 1.54) is 16.0 Å². The summed E-state index contributed by atoms with van der Waals surface area (Å²) in [7, 11) is 0. The van der Waals surface area contributed by atoms with Gasteiger partial charge in [-0.3, -0.25) is 9.48 Å². The molecule has 0 saturated carbocycles. The smallest absolute Gasteiger partial charge is 0.275 e. The molecule has 248 valence electrons. The van der Waals surface area contributed by atoms with Crippen LogP contribution in [0.1, 0.15) is 92.7 Å². The van der Waals surface area contributed by atoms with Gasteiger partial charge in [-0.25, -0.2) is 4.68 Å². The molecule has 0 N–H and O–H groups in total. The lowest BCUT2D eigenvalue weighted by atomic mass is 10.0. The lowest BCUT2D eigenvalue weighted by Crippen LogP contribution is -2.36. The topological polar surface area (TPSA) is 36.2 Å². The SMILES string of the molecule is C=Cc1ccc(CCc2ccc(OCc3ccc(C=C)cc3)c(C)c2S/C(CCC)=c2/c(=C)n(CCCC)n(CCCC)c2=O)cc1. The molecule has 1 aromatic heterocycles. The Bertz CT molecular complexity index is 1770. The highest BCUT2D eigenvalue weighted by Gasteiger charge is 2.18. The van der Waals surface area contributed by atoms with Crippen LogP contribution in [0.4, 0.5) is 0 Å². The third-order valence-corrected chi connectivity index (χ3v) is 10.1. The first-order chi connectivity index (χ1) is 22.8. The van der Waals surface area contributed by atoms with Gasteiger partial charge in [-0.2, -0.15) is 0 Å². The van der Waals surface area contributed by atoms with Crippen LogP contribution in [0.2, 0.25) is 0 Å². The molecule has 0 unspecified atom stereocenters. The number of nitrogens with zero attached hydrogens (tertiary/aromatic N) is 2. The summed E-state index contributed by atoms with van der Waals surface area (Å²) in [4.78, 5) is 16.4. The Morgan fingerprint density at radius 2 is 1.38 bits per heavy atom. The maximum atomic E-state index is 14.1. The zero-order chi connectivity index (χ0) is 33.8. The molecule has 4 nitrogen and oxygen atoms in total. The van der Waals surface area contributed by atoms with Crippen LogP contribution in [0, 0.1) is 6.92 Å². The zero-order valence-electron chi connectivity index (χ0n) is 28.9. The molecule has 0 bridgehead atoms. The van der Waals surface area contributed by atoms with Crippen LogP contribution in [0.15, 0.2) is 83.5 Å². The predicted octanol–water partition coefficient (Wildman–Crippen LogP) is 9.32. The minimum Gasteiger partial charge on any atom is -0.489 e. The Kier molecular flexibility index (Phi) is 13.6. The molecule has 5 heteroatoms. The van der Waals surface area contributed by atoms with Crippen molar-refractivity contribution in [2.24, 2.45) is 0 Å². The number of thioether (sulfide) groups is 1. The Hall–Kier alpha value is -3.96. The van der Waals surface area contributed by atoms with E-state index >= 15 is 0 Å². The number of hydrogen-bond acceptors (Lipinski definition) is 3. The minimum absolute atomic E-state index is 0.0902. The highest BCUT2D eigenvalue weighted by molar-refractivity contribution is 8.08. The second kappa shape index (κ2) is 17.8. The maximum Gasteiger partial charge on any atom is 0.275 e. The number of rotatable bonds is 18. The molecule has 0 aliphatic carbocycles. The Morgan fingerprint density at radius 1 is 0.787 bits per heavy atom. The van der Waals surface area contributed by atoms with E-state index in [4.69, 9.17) is 4.74 Å². The first-order valence-electron chi connectivity index (χ1n) is 17.2. The Balaban J connectivity index is 1.79. The summed E-state index contributed by atoms with van der Waals surface area (Å²) in [6, 6.07) is 21.2. The zero-order valence-corrected chi connectivity index (χ0v) is 29.8. The van der Waals surface area contributed by atoms with Crippen molar-refractivity contribution in [1.29, 1.82) is 0 Å². The summed E-state index contributed by atoms with van der Waals surface area (Å²) >= 11 is 1.75. The fourth-order valence-corrected chi connectivity index (χ4v) is 7.24. The van der Waals surface area contributed by atoms with Crippen LogP contribution < -0.4 is 20.9 Å². The van der Waals surface area contributed by atoms with E-state index in [9.17, 15) is 4.79 Å². The molecule has 0 atom stereocenters. The van der Waals surface area contributed by atoms with Gasteiger partial charge in [-0.15, -0.1) is 0 Å². The quantitative estimate of drug-likeness (QED) is 0.101. The number of aryl methyl sites for hydroxylation is 2. The predicted molar refractivity (Wildman–Crippen MR) is 203 cm³/mol. The van der Waals surface area contributed by atoms with E-state index in [1.807, 2.05) is 16.8 Å². The van der Waals surface area contributed by atoms with Crippen molar-refractivity contribution >= 4 is 35.4 Å². The summed E-state index contributed by atoms with van der Waals surface area (Å²) in [5, 5.41) is 1.62. The van der Waals surface area contributed by atoms with E-state index < -0.39 is 0 Å². The van der Waals surface area contributed by atoms with Crippen molar-refractivity contribution in [1.82, 2.24) is 9.36 Å². The summed E-state index contributed by atoms with van der Waals surface area (Å²) < 4.78 is 10.5. The standard InChI is InChI=1S/C42H52N2O2S/c1-8-13-28-43-32(7)40(42(45)44(43)29-14-9-2)39(15-10-3)47-41-31(6)38(46-30-36-22-18-34(12-5)19-23-36)27-26-37(41)25-24-35-20-16-33(11-4)17-21-35/h11-12,16-23,26-27H,4-5,7-10,13-15,24-25,28-30H2,1-3,6H3/b40-39-. The van der Waals surface area contributed by atoms with Gasteiger partial charge in [0.1, 0.15) is 12.4 Å². The third-order valence-electron chi connectivity index (χ3n) is 8.71. The first-order valence-corrected chi connectivity index (χ1v) is 18.0. The van der Waals surface area contributed by atoms with Gasteiger partial charge in [0, 0.05) is 28.5 Å². The van der Waals surface area contributed by atoms with Gasteiger partial charge in [0.15, 0.2) is 0 Å². The molecule has 0 aliphatic rings. The van der Waals surface area contributed by atoms with Gasteiger partial charge >= 0.3 is 0 Å². The number of benzene rings is 3. The molecule has 0 saturated heterocycles. The van der Waals surface area contributed by atoms with Crippen molar-refractivity contribution in [3.05, 3.63) is 128 Å². The molecule has 1 heterocycles. The van der Waals surface area contributed by atoms with Crippen LogP contribution >= 0.6 is 11.8 Å². The van der Waals surface area contributed by atoms with Crippen LogP contribution in [-0.4, -0.2) is 9.36 Å². The second-order valence-corrected chi connectivity index (χ2v) is 13.3. The van der Waals surface area contributed by atoms with Crippen LogP contribution in [0.25, 0.3) is 23.6 Å². The normalized spacial score (nSPS) is 11.8. The van der Waals surface area contributed by atoms with Gasteiger partial charge in [0.05, 0.1) is 10.6 Å². The number of aromatic nitrogens is 2. The first kappa shape index (κ1) is 35.9. The number of unbranched alkanes of at least 4 members (excludes halogenated alkanes) is 2. The van der Waals surface area contributed by atoms with Crippen LogP contribution in [-0.2, 0) is 32.5 Å². The molecule has 0 fully saturated rings. The number of ether oxygens (including phenoxy) is 1. The summed E-state index contributed by atoms with van der Waals surface area (Å²) in [5.41, 5.74) is 7.07. The van der Waals surface area contributed by atoms with Gasteiger partial charge in [-0.05, 0) is 72.9 Å². The molecule has 4 rings (SSSR count). The Morgan fingerprint density at radius 3 is 1.96 bits per heavy atom. The van der Waals surface area contributed by atoms with Crippen LogP contribution in [0.5, 0.6) is 5.75 Å². The van der Waals surface area contributed by atoms with E-state index in [0.29, 0.717) is 6.61 Å². The van der Waals surface area contributed by atoms with E-state index in [2.05, 4.69) is 113 Å². The molecular formula is C42H52N2O2S. The van der Waals surface area contributed by atoms with E-state index in [-0.39, 0.29) is 5.56 Å². The number of hydrogen-bond donors (Lipinski definition) is 0. The molecule has 0 spiro atoms. The minimum atomic E-state index is 0.0902. The summed E-state index contributed by atoms with van der Waals surface area (Å²) in [5.74, 6) is 0.867. The molecule has 0 amide bonds. The Labute approximate surface area is 286 Å². The van der Waals surface area contributed by atoms with E-state index in [1.54, 1.807) is 11.8 Å². The van der Waals surface area contributed by atoms with Gasteiger partial charge in [0.25, 0.3) is 5.56 Å². The maximum absolute atomic E-state index is 14.1. The average molecular weight is 649 g/mol. The highest BCUT2D eigenvalue weighted by Crippen LogP contribution is 2.39. The lowest BCUT2D eigenvalue weighted by Gasteiger charge is -2.18. The molecule has 3 aromatic carbocycles. The van der Waals surface area contributed by atoms with Crippen molar-refractivity contribution in [3.8, 4) is 5.75 Å². The lowest BCUT2D eigenvalue weighted by molar-refractivity contribution is 0.303. The molecule has 0 radical (unpaired) electrons. The molecule has 4 aromatic rings. The van der Waals surface area contributed by atoms with Crippen molar-refractivity contribution < 1.29 is 4.74 Å². The van der Waals surface area contributed by atoms with Crippen LogP contribution in [0.3, 0.4) is 0 Å². The fourth-order valence-electron chi connectivity index (χ4n) is 5.82. The molecule has 47 heavy (non-hydrogen) atoms. The highest BCUT2D eigenvalue weighted by atomic mass is 32.2. The van der Waals surface area contributed by atoms with Crippen molar-refractivity contribution in [2.45, 2.75) is 104 Å². The molecular weight excluding hydrogens is 597 g/mol. The summed E-state index contributed by atoms with van der Waals surface area (Å²) in [6.45, 7) is 23.0. The largest absolute Gasteiger partial charge is 0.489 e. The van der Waals surface area contributed by atoms with E-state index in [0.717, 1.165) is 108 Å². The fraction of sp³-hybridized carbons (Fsp3) is 0.357. The van der Waals surface area contributed by atoms with Gasteiger partial charge in [0.2, 0.25) is 0 Å². The summed E-state index contributed by atoms with van der Waals surface area (Å²) in [6.07, 6.45) is 11.4. The molecule has 0 aliphatic heterocycles. The van der Waals surface area contributed by atoms with Crippen molar-refractivity contribution in [2.75, 3.05) is 0 Å². The third kappa shape index (κ3) is 9.10.